The Bertz CT molecular complexity index is 185. The van der Waals surface area contributed by atoms with Gasteiger partial charge in [-0.1, -0.05) is 6.92 Å². The monoisotopic (exact) mass is 251 g/mol. The van der Waals surface area contributed by atoms with E-state index in [9.17, 15) is 26.3 Å². The third-order valence-electron chi connectivity index (χ3n) is 1.94. The molecular weight excluding hydrogens is 236 g/mol. The largest absolute Gasteiger partial charge is 0.390 e. The Morgan fingerprint density at radius 1 is 1.00 bits per heavy atom. The van der Waals surface area contributed by atoms with E-state index in [4.69, 9.17) is 0 Å². The van der Waals surface area contributed by atoms with Crippen LogP contribution in [0.2, 0.25) is 0 Å². The number of halogens is 6. The van der Waals surface area contributed by atoms with Gasteiger partial charge in [0.25, 0.3) is 0 Å². The van der Waals surface area contributed by atoms with E-state index >= 15 is 0 Å². The number of rotatable bonds is 6. The van der Waals surface area contributed by atoms with Crippen molar-refractivity contribution in [2.75, 3.05) is 6.54 Å². The van der Waals surface area contributed by atoms with Crippen molar-refractivity contribution in [2.45, 2.75) is 51.0 Å². The standard InChI is InChI=1S/C9H15F6N/c1-2-5-16-7(6-9(13,14)15)3-4-8(10,11)12/h7,16H,2-6H2,1H3. The molecule has 0 radical (unpaired) electrons. The molecule has 0 saturated heterocycles. The second kappa shape index (κ2) is 6.32. The fourth-order valence-corrected chi connectivity index (χ4v) is 1.24. The van der Waals surface area contributed by atoms with Gasteiger partial charge in [-0.25, -0.2) is 0 Å². The van der Waals surface area contributed by atoms with Gasteiger partial charge in [-0.05, 0) is 19.4 Å². The van der Waals surface area contributed by atoms with Crippen molar-refractivity contribution in [3.8, 4) is 0 Å². The second-order valence-corrected chi connectivity index (χ2v) is 3.62. The fourth-order valence-electron chi connectivity index (χ4n) is 1.24. The fraction of sp³-hybridized carbons (Fsp3) is 1.00. The molecule has 16 heavy (non-hydrogen) atoms. The summed E-state index contributed by atoms with van der Waals surface area (Å²) in [6.07, 6.45) is -11.2. The van der Waals surface area contributed by atoms with Crippen LogP contribution in [0.15, 0.2) is 0 Å². The summed E-state index contributed by atoms with van der Waals surface area (Å²) in [5, 5.41) is 2.48. The van der Waals surface area contributed by atoms with E-state index in [2.05, 4.69) is 5.32 Å². The van der Waals surface area contributed by atoms with Crippen molar-refractivity contribution in [3.05, 3.63) is 0 Å². The Balaban J connectivity index is 4.10. The van der Waals surface area contributed by atoms with Crippen molar-refractivity contribution >= 4 is 0 Å². The minimum Gasteiger partial charge on any atom is -0.314 e. The van der Waals surface area contributed by atoms with Gasteiger partial charge in [0.15, 0.2) is 0 Å². The molecule has 0 aliphatic carbocycles. The molecule has 1 N–H and O–H groups in total. The van der Waals surface area contributed by atoms with Crippen molar-refractivity contribution in [2.24, 2.45) is 0 Å². The molecule has 0 aliphatic heterocycles. The van der Waals surface area contributed by atoms with Crippen LogP contribution < -0.4 is 5.32 Å². The summed E-state index contributed by atoms with van der Waals surface area (Å²) in [4.78, 5) is 0. The number of nitrogens with one attached hydrogen (secondary N) is 1. The third kappa shape index (κ3) is 10.1. The zero-order chi connectivity index (χ0) is 12.8. The predicted molar refractivity (Wildman–Crippen MR) is 48.0 cm³/mol. The Kier molecular flexibility index (Phi) is 6.14. The first-order chi connectivity index (χ1) is 7.14. The quantitative estimate of drug-likeness (QED) is 0.710. The van der Waals surface area contributed by atoms with E-state index in [1.807, 2.05) is 0 Å². The summed E-state index contributed by atoms with van der Waals surface area (Å²) >= 11 is 0. The molecule has 0 saturated carbocycles. The highest BCUT2D eigenvalue weighted by atomic mass is 19.4. The van der Waals surface area contributed by atoms with Crippen LogP contribution in [0.4, 0.5) is 26.3 Å². The van der Waals surface area contributed by atoms with Crippen LogP contribution in [0.5, 0.6) is 0 Å². The molecule has 0 aromatic carbocycles. The summed E-state index contributed by atoms with van der Waals surface area (Å²) < 4.78 is 71.7. The number of hydrogen-bond acceptors (Lipinski definition) is 1. The van der Waals surface area contributed by atoms with E-state index in [1.165, 1.54) is 0 Å². The van der Waals surface area contributed by atoms with E-state index in [-0.39, 0.29) is 0 Å². The molecule has 1 atom stereocenters. The van der Waals surface area contributed by atoms with Gasteiger partial charge in [0.05, 0.1) is 6.42 Å². The molecule has 0 heterocycles. The topological polar surface area (TPSA) is 12.0 Å². The normalized spacial score (nSPS) is 15.2. The van der Waals surface area contributed by atoms with E-state index < -0.39 is 37.7 Å². The van der Waals surface area contributed by atoms with E-state index in [1.54, 1.807) is 6.92 Å². The Morgan fingerprint density at radius 3 is 1.94 bits per heavy atom. The SMILES string of the molecule is CCCNC(CCC(F)(F)F)CC(F)(F)F. The first kappa shape index (κ1) is 15.5. The average Bonchev–Trinajstić information content (AvgIpc) is 2.06. The first-order valence-electron chi connectivity index (χ1n) is 5.01. The Morgan fingerprint density at radius 2 is 1.56 bits per heavy atom. The summed E-state index contributed by atoms with van der Waals surface area (Å²) in [6.45, 7) is 2.03. The maximum Gasteiger partial charge on any atom is 0.390 e. The molecule has 1 nitrogen and oxygen atoms in total. The summed E-state index contributed by atoms with van der Waals surface area (Å²) in [6, 6.07) is -1.15. The molecule has 0 bridgehead atoms. The maximum absolute atomic E-state index is 12.0. The van der Waals surface area contributed by atoms with Crippen LogP contribution in [0.3, 0.4) is 0 Å². The first-order valence-corrected chi connectivity index (χ1v) is 5.01. The minimum absolute atomic E-state index is 0.290. The lowest BCUT2D eigenvalue weighted by molar-refractivity contribution is -0.151. The van der Waals surface area contributed by atoms with Crippen LogP contribution in [0.1, 0.15) is 32.6 Å². The zero-order valence-electron chi connectivity index (χ0n) is 8.88. The molecule has 1 unspecified atom stereocenters. The lowest BCUT2D eigenvalue weighted by Crippen LogP contribution is -2.35. The molecule has 0 aliphatic rings. The number of hydrogen-bond donors (Lipinski definition) is 1. The predicted octanol–water partition coefficient (Wildman–Crippen LogP) is 3.65. The average molecular weight is 251 g/mol. The third-order valence-corrected chi connectivity index (χ3v) is 1.94. The van der Waals surface area contributed by atoms with Crippen molar-refractivity contribution in [1.82, 2.24) is 5.32 Å². The molecule has 0 aromatic rings. The molecular formula is C9H15F6N. The van der Waals surface area contributed by atoms with Crippen molar-refractivity contribution < 1.29 is 26.3 Å². The van der Waals surface area contributed by atoms with Gasteiger partial charge in [-0.3, -0.25) is 0 Å². The van der Waals surface area contributed by atoms with Gasteiger partial charge >= 0.3 is 12.4 Å². The maximum atomic E-state index is 12.0. The Hall–Kier alpha value is -0.460. The van der Waals surface area contributed by atoms with Gasteiger partial charge in [0, 0.05) is 12.5 Å². The van der Waals surface area contributed by atoms with Gasteiger partial charge < -0.3 is 5.32 Å². The molecule has 0 fully saturated rings. The summed E-state index contributed by atoms with van der Waals surface area (Å²) in [5.74, 6) is 0. The molecule has 0 rings (SSSR count). The van der Waals surface area contributed by atoms with Crippen LogP contribution in [-0.4, -0.2) is 24.9 Å². The van der Waals surface area contributed by atoms with Crippen LogP contribution in [-0.2, 0) is 0 Å². The van der Waals surface area contributed by atoms with Gasteiger partial charge in [-0.2, -0.15) is 26.3 Å². The van der Waals surface area contributed by atoms with Gasteiger partial charge in [0.1, 0.15) is 0 Å². The molecule has 0 aromatic heterocycles. The highest BCUT2D eigenvalue weighted by Crippen LogP contribution is 2.27. The molecule has 98 valence electrons. The van der Waals surface area contributed by atoms with Crippen LogP contribution >= 0.6 is 0 Å². The molecule has 7 heteroatoms. The lowest BCUT2D eigenvalue weighted by Gasteiger charge is -2.20. The van der Waals surface area contributed by atoms with Crippen LogP contribution in [0, 0.1) is 0 Å². The smallest absolute Gasteiger partial charge is 0.314 e. The molecule has 0 amide bonds. The second-order valence-electron chi connectivity index (χ2n) is 3.62. The van der Waals surface area contributed by atoms with Crippen molar-refractivity contribution in [1.29, 1.82) is 0 Å². The minimum atomic E-state index is -4.43. The van der Waals surface area contributed by atoms with Gasteiger partial charge in [-0.15, -0.1) is 0 Å². The highest BCUT2D eigenvalue weighted by Gasteiger charge is 2.34. The van der Waals surface area contributed by atoms with E-state index in [0.717, 1.165) is 0 Å². The highest BCUT2D eigenvalue weighted by molar-refractivity contribution is 4.72. The summed E-state index contributed by atoms with van der Waals surface area (Å²) in [7, 11) is 0. The Labute approximate surface area is 90.2 Å². The number of alkyl halides is 6. The van der Waals surface area contributed by atoms with Gasteiger partial charge in [0.2, 0.25) is 0 Å². The van der Waals surface area contributed by atoms with Crippen molar-refractivity contribution in [3.63, 3.8) is 0 Å². The summed E-state index contributed by atoms with van der Waals surface area (Å²) in [5.41, 5.74) is 0. The molecule has 0 spiro atoms. The zero-order valence-corrected chi connectivity index (χ0v) is 8.88. The van der Waals surface area contributed by atoms with E-state index in [0.29, 0.717) is 13.0 Å². The lowest BCUT2D eigenvalue weighted by atomic mass is 10.1. The van der Waals surface area contributed by atoms with Crippen LogP contribution in [0.25, 0.3) is 0 Å².